The fourth-order valence-electron chi connectivity index (χ4n) is 3.66. The van der Waals surface area contributed by atoms with E-state index in [1.807, 2.05) is 14.1 Å². The molecule has 0 amide bonds. The van der Waals surface area contributed by atoms with E-state index >= 15 is 0 Å². The van der Waals surface area contributed by atoms with Crippen molar-refractivity contribution in [2.24, 2.45) is 5.92 Å². The second-order valence-electron chi connectivity index (χ2n) is 6.66. The average molecular weight is 297 g/mol. The molecular formula is C17H25F2NO. The van der Waals surface area contributed by atoms with E-state index in [0.29, 0.717) is 11.5 Å². The third kappa shape index (κ3) is 3.43. The van der Waals surface area contributed by atoms with Gasteiger partial charge in [0.25, 0.3) is 0 Å². The summed E-state index contributed by atoms with van der Waals surface area (Å²) >= 11 is 0. The van der Waals surface area contributed by atoms with E-state index in [-0.39, 0.29) is 12.0 Å². The average Bonchev–Trinajstić information content (AvgIpc) is 2.41. The van der Waals surface area contributed by atoms with Crippen LogP contribution in [0.5, 0.6) is 0 Å². The first kappa shape index (κ1) is 16.4. The molecular weight excluding hydrogens is 272 g/mol. The van der Waals surface area contributed by atoms with Crippen LogP contribution in [0.15, 0.2) is 18.2 Å². The van der Waals surface area contributed by atoms with Gasteiger partial charge >= 0.3 is 0 Å². The molecule has 0 aromatic heterocycles. The van der Waals surface area contributed by atoms with Gasteiger partial charge in [-0.2, -0.15) is 0 Å². The van der Waals surface area contributed by atoms with Crippen LogP contribution in [0.1, 0.15) is 38.2 Å². The molecule has 118 valence electrons. The molecule has 3 unspecified atom stereocenters. The van der Waals surface area contributed by atoms with Gasteiger partial charge in [0.2, 0.25) is 0 Å². The molecule has 0 aliphatic heterocycles. The van der Waals surface area contributed by atoms with E-state index < -0.39 is 17.7 Å². The summed E-state index contributed by atoms with van der Waals surface area (Å²) in [5.74, 6) is -0.611. The minimum atomic E-state index is -0.657. The summed E-state index contributed by atoms with van der Waals surface area (Å²) in [6, 6.07) is 3.56. The zero-order chi connectivity index (χ0) is 15.6. The van der Waals surface area contributed by atoms with Gasteiger partial charge in [-0.1, -0.05) is 25.8 Å². The van der Waals surface area contributed by atoms with Gasteiger partial charge in [0.1, 0.15) is 11.6 Å². The molecule has 2 rings (SSSR count). The van der Waals surface area contributed by atoms with Crippen molar-refractivity contribution in [2.45, 2.75) is 50.7 Å². The molecule has 0 radical (unpaired) electrons. The molecule has 1 aliphatic rings. The second kappa shape index (κ2) is 6.41. The number of hydrogen-bond acceptors (Lipinski definition) is 2. The third-order valence-corrected chi connectivity index (χ3v) is 4.95. The lowest BCUT2D eigenvalue weighted by molar-refractivity contribution is -0.0427. The molecule has 1 fully saturated rings. The summed E-state index contributed by atoms with van der Waals surface area (Å²) in [4.78, 5) is 2.08. The number of rotatable bonds is 4. The van der Waals surface area contributed by atoms with Gasteiger partial charge in [0.05, 0.1) is 6.10 Å². The maximum Gasteiger partial charge on any atom is 0.129 e. The predicted octanol–water partition coefficient (Wildman–Crippen LogP) is 3.38. The Morgan fingerprint density at radius 2 is 2.10 bits per heavy atom. The van der Waals surface area contributed by atoms with E-state index in [1.165, 1.54) is 18.6 Å². The lowest BCUT2D eigenvalue weighted by atomic mass is 9.71. The van der Waals surface area contributed by atoms with Crippen molar-refractivity contribution >= 4 is 0 Å². The van der Waals surface area contributed by atoms with Crippen molar-refractivity contribution in [3.63, 3.8) is 0 Å². The Morgan fingerprint density at radius 1 is 1.38 bits per heavy atom. The number of hydrogen-bond donors (Lipinski definition) is 1. The van der Waals surface area contributed by atoms with Gasteiger partial charge in [0.15, 0.2) is 0 Å². The number of aliphatic hydroxyl groups excluding tert-OH is 1. The molecule has 0 saturated heterocycles. The zero-order valence-electron chi connectivity index (χ0n) is 13.1. The van der Waals surface area contributed by atoms with Crippen molar-refractivity contribution in [1.82, 2.24) is 4.90 Å². The standard InChI is InChI=1S/C17H25F2NO/c1-12-5-4-8-17(11-12,20(2)3)16(21)9-13-6-7-14(18)10-15(13)19/h6-7,10,12,16,21H,4-5,8-9,11H2,1-3H3. The summed E-state index contributed by atoms with van der Waals surface area (Å²) in [6.07, 6.45) is 3.63. The molecule has 3 atom stereocenters. The van der Waals surface area contributed by atoms with Gasteiger partial charge < -0.3 is 10.0 Å². The monoisotopic (exact) mass is 297 g/mol. The fraction of sp³-hybridized carbons (Fsp3) is 0.647. The summed E-state index contributed by atoms with van der Waals surface area (Å²) in [7, 11) is 3.95. The molecule has 21 heavy (non-hydrogen) atoms. The number of aliphatic hydroxyl groups is 1. The lowest BCUT2D eigenvalue weighted by Crippen LogP contribution is -2.56. The van der Waals surface area contributed by atoms with Gasteiger partial charge in [-0.15, -0.1) is 0 Å². The summed E-state index contributed by atoms with van der Waals surface area (Å²) < 4.78 is 26.8. The summed E-state index contributed by atoms with van der Waals surface area (Å²) in [5.41, 5.74) is 0.0572. The fourth-order valence-corrected chi connectivity index (χ4v) is 3.66. The van der Waals surface area contributed by atoms with E-state index in [9.17, 15) is 13.9 Å². The van der Waals surface area contributed by atoms with Crippen LogP contribution in [0.2, 0.25) is 0 Å². The quantitative estimate of drug-likeness (QED) is 0.921. The van der Waals surface area contributed by atoms with Gasteiger partial charge in [-0.05, 0) is 44.5 Å². The van der Waals surface area contributed by atoms with Crippen LogP contribution in [-0.2, 0) is 6.42 Å². The zero-order valence-corrected chi connectivity index (χ0v) is 13.1. The molecule has 0 heterocycles. The number of nitrogens with zero attached hydrogens (tertiary/aromatic N) is 1. The largest absolute Gasteiger partial charge is 0.391 e. The van der Waals surface area contributed by atoms with E-state index in [2.05, 4.69) is 11.8 Å². The highest BCUT2D eigenvalue weighted by molar-refractivity contribution is 5.20. The third-order valence-electron chi connectivity index (χ3n) is 4.95. The molecule has 1 saturated carbocycles. The van der Waals surface area contributed by atoms with Gasteiger partial charge in [-0.3, -0.25) is 0 Å². The lowest BCUT2D eigenvalue weighted by Gasteiger charge is -2.48. The SMILES string of the molecule is CC1CCCC(C(O)Cc2ccc(F)cc2F)(N(C)C)C1. The Bertz CT molecular complexity index is 492. The maximum absolute atomic E-state index is 13.8. The highest BCUT2D eigenvalue weighted by Gasteiger charge is 2.43. The first-order chi connectivity index (χ1) is 9.85. The van der Waals surface area contributed by atoms with Crippen molar-refractivity contribution in [1.29, 1.82) is 0 Å². The Morgan fingerprint density at radius 3 is 2.67 bits per heavy atom. The number of likely N-dealkylation sites (N-methyl/N-ethyl adjacent to an activating group) is 1. The van der Waals surface area contributed by atoms with Gasteiger partial charge in [0, 0.05) is 18.0 Å². The topological polar surface area (TPSA) is 23.5 Å². The van der Waals surface area contributed by atoms with E-state index in [1.54, 1.807) is 0 Å². The van der Waals surface area contributed by atoms with Crippen molar-refractivity contribution < 1.29 is 13.9 Å². The van der Waals surface area contributed by atoms with Crippen LogP contribution < -0.4 is 0 Å². The molecule has 2 nitrogen and oxygen atoms in total. The van der Waals surface area contributed by atoms with Crippen molar-refractivity contribution in [3.05, 3.63) is 35.4 Å². The molecule has 1 aromatic rings. The van der Waals surface area contributed by atoms with Crippen LogP contribution in [0, 0.1) is 17.6 Å². The first-order valence-electron chi connectivity index (χ1n) is 7.64. The van der Waals surface area contributed by atoms with Crippen LogP contribution in [0.3, 0.4) is 0 Å². The van der Waals surface area contributed by atoms with E-state index in [0.717, 1.165) is 25.3 Å². The molecule has 0 bridgehead atoms. The Kier molecular flexibility index (Phi) is 4.99. The van der Waals surface area contributed by atoms with Crippen molar-refractivity contribution in [3.8, 4) is 0 Å². The Hall–Kier alpha value is -1.00. The molecule has 1 aliphatic carbocycles. The van der Waals surface area contributed by atoms with Crippen molar-refractivity contribution in [2.75, 3.05) is 14.1 Å². The van der Waals surface area contributed by atoms with E-state index in [4.69, 9.17) is 0 Å². The smallest absolute Gasteiger partial charge is 0.129 e. The highest BCUT2D eigenvalue weighted by Crippen LogP contribution is 2.39. The Balaban J connectivity index is 2.21. The maximum atomic E-state index is 13.8. The molecule has 1 N–H and O–H groups in total. The highest BCUT2D eigenvalue weighted by atomic mass is 19.1. The molecule has 1 aromatic carbocycles. The van der Waals surface area contributed by atoms with Crippen LogP contribution in [0.4, 0.5) is 8.78 Å². The summed E-state index contributed by atoms with van der Waals surface area (Å²) in [6.45, 7) is 2.20. The number of halogens is 2. The minimum Gasteiger partial charge on any atom is -0.391 e. The second-order valence-corrected chi connectivity index (χ2v) is 6.66. The summed E-state index contributed by atoms with van der Waals surface area (Å²) in [5, 5.41) is 10.8. The van der Waals surface area contributed by atoms with Crippen LogP contribution in [0.25, 0.3) is 0 Å². The van der Waals surface area contributed by atoms with Crippen LogP contribution >= 0.6 is 0 Å². The minimum absolute atomic E-state index is 0.219. The normalized spacial score (nSPS) is 27.9. The number of benzene rings is 1. The Labute approximate surface area is 125 Å². The molecule has 0 spiro atoms. The predicted molar refractivity (Wildman–Crippen MR) is 80.1 cm³/mol. The van der Waals surface area contributed by atoms with Crippen LogP contribution in [-0.4, -0.2) is 35.7 Å². The first-order valence-corrected chi connectivity index (χ1v) is 7.64. The molecule has 4 heteroatoms. The van der Waals surface area contributed by atoms with Gasteiger partial charge in [-0.25, -0.2) is 8.78 Å².